The summed E-state index contributed by atoms with van der Waals surface area (Å²) in [5, 5.41) is 3.05. The van der Waals surface area contributed by atoms with Gasteiger partial charge in [-0.15, -0.1) is 11.3 Å². The summed E-state index contributed by atoms with van der Waals surface area (Å²) in [6.45, 7) is 6.43. The average molecular weight is 303 g/mol. The number of nitrogens with zero attached hydrogens (tertiary/aromatic N) is 2. The minimum atomic E-state index is 0.0159. The second-order valence-corrected chi connectivity index (χ2v) is 7.55. The van der Waals surface area contributed by atoms with Gasteiger partial charge in [-0.2, -0.15) is 0 Å². The van der Waals surface area contributed by atoms with Crippen LogP contribution in [-0.2, 0) is 18.3 Å². The number of fused-ring (bicyclic) bond motifs is 1. The van der Waals surface area contributed by atoms with Crippen LogP contribution in [0.2, 0.25) is 0 Å². The zero-order chi connectivity index (χ0) is 15.0. The molecule has 1 aliphatic carbocycles. The van der Waals surface area contributed by atoms with E-state index in [0.29, 0.717) is 5.82 Å². The molecule has 2 aromatic heterocycles. The zero-order valence-corrected chi connectivity index (χ0v) is 13.6. The van der Waals surface area contributed by atoms with E-state index in [-0.39, 0.29) is 11.0 Å². The fourth-order valence-corrected chi connectivity index (χ4v) is 3.52. The van der Waals surface area contributed by atoms with Gasteiger partial charge in [-0.1, -0.05) is 27.2 Å². The minimum absolute atomic E-state index is 0.0159. The van der Waals surface area contributed by atoms with E-state index in [9.17, 15) is 4.79 Å². The van der Waals surface area contributed by atoms with Crippen LogP contribution in [0.3, 0.4) is 0 Å². The lowest BCUT2D eigenvalue weighted by atomic mass is 9.98. The van der Waals surface area contributed by atoms with Crippen LogP contribution in [0, 0.1) is 0 Å². The molecule has 1 aliphatic rings. The zero-order valence-electron chi connectivity index (χ0n) is 12.8. The fraction of sp³-hybridized carbons (Fsp3) is 0.562. The molecular weight excluding hydrogens is 282 g/mol. The first kappa shape index (κ1) is 14.4. The molecule has 2 aromatic rings. The lowest BCUT2D eigenvalue weighted by Crippen LogP contribution is -2.18. The van der Waals surface area contributed by atoms with Crippen LogP contribution in [0.25, 0.3) is 11.5 Å². The van der Waals surface area contributed by atoms with Crippen LogP contribution in [0.5, 0.6) is 0 Å². The molecule has 0 bridgehead atoms. The summed E-state index contributed by atoms with van der Waals surface area (Å²) < 4.78 is 0. The van der Waals surface area contributed by atoms with Gasteiger partial charge < -0.3 is 4.98 Å². The molecule has 0 fully saturated rings. The van der Waals surface area contributed by atoms with E-state index < -0.39 is 0 Å². The van der Waals surface area contributed by atoms with Crippen LogP contribution in [0.15, 0.2) is 10.2 Å². The molecule has 0 aromatic carbocycles. The van der Waals surface area contributed by atoms with Gasteiger partial charge in [-0.25, -0.2) is 9.97 Å². The maximum absolute atomic E-state index is 12.3. The number of rotatable bonds is 1. The number of hydrogen-bond acceptors (Lipinski definition) is 4. The highest BCUT2D eigenvalue weighted by Gasteiger charge is 2.20. The molecule has 5 heteroatoms. The molecule has 1 N–H and O–H groups in total. The minimum Gasteiger partial charge on any atom is -0.305 e. The van der Waals surface area contributed by atoms with Gasteiger partial charge in [0.05, 0.1) is 10.7 Å². The molecule has 2 heterocycles. The van der Waals surface area contributed by atoms with Crippen molar-refractivity contribution in [1.29, 1.82) is 0 Å². The van der Waals surface area contributed by atoms with E-state index in [1.165, 1.54) is 6.42 Å². The van der Waals surface area contributed by atoms with Crippen LogP contribution in [-0.4, -0.2) is 15.0 Å². The Morgan fingerprint density at radius 1 is 1.14 bits per heavy atom. The van der Waals surface area contributed by atoms with Crippen molar-refractivity contribution in [1.82, 2.24) is 15.0 Å². The highest BCUT2D eigenvalue weighted by Crippen LogP contribution is 2.28. The Hall–Kier alpha value is -1.49. The molecule has 112 valence electrons. The lowest BCUT2D eigenvalue weighted by Gasteiger charge is -2.13. The standard InChI is InChI=1S/C16H21N3OS/c1-16(2,3)15-18-12(9-21-15)13-17-11-8-6-4-5-7-10(11)14(20)19-13/h9H,4-8H2,1-3H3,(H,17,19,20). The molecule has 0 unspecified atom stereocenters. The summed E-state index contributed by atoms with van der Waals surface area (Å²) >= 11 is 1.63. The maximum atomic E-state index is 12.3. The SMILES string of the molecule is CC(C)(C)c1nc(-c2nc3c(c(=O)[nH]2)CCCCC3)cs1. The summed E-state index contributed by atoms with van der Waals surface area (Å²) in [5.74, 6) is 0.618. The van der Waals surface area contributed by atoms with Crippen LogP contribution in [0.4, 0.5) is 0 Å². The average Bonchev–Trinajstić information content (AvgIpc) is 2.79. The van der Waals surface area contributed by atoms with Crippen molar-refractivity contribution in [3.05, 3.63) is 32.0 Å². The van der Waals surface area contributed by atoms with Crippen LogP contribution < -0.4 is 5.56 Å². The molecule has 21 heavy (non-hydrogen) atoms. The molecule has 0 atom stereocenters. The van der Waals surface area contributed by atoms with Gasteiger partial charge in [0.15, 0.2) is 5.82 Å². The second kappa shape index (κ2) is 5.37. The predicted molar refractivity (Wildman–Crippen MR) is 85.9 cm³/mol. The Morgan fingerprint density at radius 2 is 1.90 bits per heavy atom. The highest BCUT2D eigenvalue weighted by molar-refractivity contribution is 7.10. The Balaban J connectivity index is 2.04. The molecule has 0 spiro atoms. The van der Waals surface area contributed by atoms with Gasteiger partial charge in [-0.3, -0.25) is 4.79 Å². The fourth-order valence-electron chi connectivity index (χ4n) is 2.63. The number of hydrogen-bond donors (Lipinski definition) is 1. The third-order valence-corrected chi connectivity index (χ3v) is 5.10. The molecule has 3 rings (SSSR count). The van der Waals surface area contributed by atoms with Gasteiger partial charge in [0.2, 0.25) is 0 Å². The number of aromatic nitrogens is 3. The smallest absolute Gasteiger partial charge is 0.254 e. The van der Waals surface area contributed by atoms with E-state index in [1.54, 1.807) is 11.3 Å². The van der Waals surface area contributed by atoms with E-state index >= 15 is 0 Å². The van der Waals surface area contributed by atoms with Crippen molar-refractivity contribution in [3.63, 3.8) is 0 Å². The molecule has 0 saturated carbocycles. The van der Waals surface area contributed by atoms with Gasteiger partial charge >= 0.3 is 0 Å². The van der Waals surface area contributed by atoms with Crippen molar-refractivity contribution < 1.29 is 0 Å². The summed E-state index contributed by atoms with van der Waals surface area (Å²) in [4.78, 5) is 24.6. The summed E-state index contributed by atoms with van der Waals surface area (Å²) in [7, 11) is 0. The van der Waals surface area contributed by atoms with E-state index in [2.05, 4.69) is 35.7 Å². The molecule has 0 saturated heterocycles. The van der Waals surface area contributed by atoms with E-state index in [4.69, 9.17) is 0 Å². The van der Waals surface area contributed by atoms with Crippen molar-refractivity contribution in [2.24, 2.45) is 0 Å². The molecule has 0 amide bonds. The summed E-state index contributed by atoms with van der Waals surface area (Å²) in [6, 6.07) is 0. The third kappa shape index (κ3) is 2.93. The van der Waals surface area contributed by atoms with Crippen molar-refractivity contribution in [2.75, 3.05) is 0 Å². The molecule has 4 nitrogen and oxygen atoms in total. The normalized spacial score (nSPS) is 15.6. The monoisotopic (exact) mass is 303 g/mol. The van der Waals surface area contributed by atoms with Gasteiger partial charge in [-0.05, 0) is 25.7 Å². The summed E-state index contributed by atoms with van der Waals surface area (Å²) in [5.41, 5.74) is 2.67. The van der Waals surface area contributed by atoms with Crippen molar-refractivity contribution >= 4 is 11.3 Å². The first-order chi connectivity index (χ1) is 9.95. The number of H-pyrrole nitrogens is 1. The molecule has 0 aliphatic heterocycles. The number of nitrogens with one attached hydrogen (secondary N) is 1. The molecule has 0 radical (unpaired) electrons. The Kier molecular flexibility index (Phi) is 3.69. The largest absolute Gasteiger partial charge is 0.305 e. The Morgan fingerprint density at radius 3 is 2.62 bits per heavy atom. The van der Waals surface area contributed by atoms with Gasteiger partial charge in [0, 0.05) is 16.4 Å². The van der Waals surface area contributed by atoms with E-state index in [0.717, 1.165) is 47.6 Å². The van der Waals surface area contributed by atoms with Gasteiger partial charge in [0.25, 0.3) is 5.56 Å². The maximum Gasteiger partial charge on any atom is 0.254 e. The number of aromatic amines is 1. The second-order valence-electron chi connectivity index (χ2n) is 6.69. The van der Waals surface area contributed by atoms with Crippen molar-refractivity contribution in [2.45, 2.75) is 58.3 Å². The molecular formula is C16H21N3OS. The Labute approximate surface area is 128 Å². The van der Waals surface area contributed by atoms with E-state index in [1.807, 2.05) is 5.38 Å². The summed E-state index contributed by atoms with van der Waals surface area (Å²) in [6.07, 6.45) is 5.13. The first-order valence-electron chi connectivity index (χ1n) is 7.53. The van der Waals surface area contributed by atoms with Gasteiger partial charge in [0.1, 0.15) is 5.69 Å². The first-order valence-corrected chi connectivity index (χ1v) is 8.41. The van der Waals surface area contributed by atoms with Crippen molar-refractivity contribution in [3.8, 4) is 11.5 Å². The number of aryl methyl sites for hydroxylation is 1. The Bertz CT molecular complexity index is 709. The lowest BCUT2D eigenvalue weighted by molar-refractivity contribution is 0.585. The highest BCUT2D eigenvalue weighted by atomic mass is 32.1. The predicted octanol–water partition coefficient (Wildman–Crippen LogP) is 3.46. The third-order valence-electron chi connectivity index (χ3n) is 3.83. The number of thiazole rings is 1. The topological polar surface area (TPSA) is 58.6 Å². The quantitative estimate of drug-likeness (QED) is 0.821. The van der Waals surface area contributed by atoms with Crippen LogP contribution >= 0.6 is 11.3 Å². The van der Waals surface area contributed by atoms with Crippen LogP contribution in [0.1, 0.15) is 56.3 Å².